The molecule has 0 aliphatic heterocycles. The van der Waals surface area contributed by atoms with E-state index in [1.54, 1.807) is 60.3 Å². The van der Waals surface area contributed by atoms with Crippen molar-refractivity contribution in [3.05, 3.63) is 95.8 Å². The lowest BCUT2D eigenvalue weighted by molar-refractivity contribution is 0.102. The number of nitrogens with zero attached hydrogens (tertiary/aromatic N) is 2. The zero-order valence-corrected chi connectivity index (χ0v) is 19.8. The third-order valence-corrected chi connectivity index (χ3v) is 6.67. The first kappa shape index (κ1) is 23.1. The van der Waals surface area contributed by atoms with Crippen molar-refractivity contribution in [2.45, 2.75) is 18.7 Å². The molecule has 4 rings (SSSR count). The van der Waals surface area contributed by atoms with Gasteiger partial charge >= 0.3 is 0 Å². The Labute approximate surface area is 198 Å². The molecule has 8 nitrogen and oxygen atoms in total. The first-order valence-corrected chi connectivity index (χ1v) is 11.9. The molecule has 0 spiro atoms. The molecule has 1 aromatic heterocycles. The lowest BCUT2D eigenvalue weighted by Crippen LogP contribution is -2.17. The van der Waals surface area contributed by atoms with Crippen LogP contribution in [0.15, 0.2) is 83.9 Å². The summed E-state index contributed by atoms with van der Waals surface area (Å²) in [6, 6.07) is 20.1. The van der Waals surface area contributed by atoms with E-state index in [2.05, 4.69) is 15.1 Å². The molecule has 0 radical (unpaired) electrons. The molecular formula is C25H24N4O4S. The van der Waals surface area contributed by atoms with E-state index in [4.69, 9.17) is 4.74 Å². The Morgan fingerprint density at radius 3 is 2.38 bits per heavy atom. The SMILES string of the molecule is COc1ccc(NS(=O)(=O)c2ccc(C)c(C(=O)Nc3cccc(-n4nccc4C)c3)c2)cc1. The quantitative estimate of drug-likeness (QED) is 0.407. The van der Waals surface area contributed by atoms with Crippen LogP contribution in [-0.2, 0) is 10.0 Å². The maximum Gasteiger partial charge on any atom is 0.261 e. The second kappa shape index (κ2) is 9.40. The van der Waals surface area contributed by atoms with E-state index < -0.39 is 15.9 Å². The van der Waals surface area contributed by atoms with Crippen molar-refractivity contribution in [2.24, 2.45) is 0 Å². The number of benzene rings is 3. The summed E-state index contributed by atoms with van der Waals surface area (Å²) in [4.78, 5) is 13.0. The Bertz CT molecular complexity index is 1440. The van der Waals surface area contributed by atoms with Crippen LogP contribution in [-0.4, -0.2) is 31.2 Å². The van der Waals surface area contributed by atoms with Gasteiger partial charge in [0.05, 0.1) is 17.7 Å². The number of aryl methyl sites for hydroxylation is 2. The zero-order chi connectivity index (χ0) is 24.3. The minimum Gasteiger partial charge on any atom is -0.497 e. The Morgan fingerprint density at radius 1 is 0.941 bits per heavy atom. The number of amides is 1. The lowest BCUT2D eigenvalue weighted by Gasteiger charge is -2.13. The largest absolute Gasteiger partial charge is 0.497 e. The summed E-state index contributed by atoms with van der Waals surface area (Å²) in [5, 5.41) is 7.14. The number of hydrogen-bond acceptors (Lipinski definition) is 5. The van der Waals surface area contributed by atoms with E-state index in [9.17, 15) is 13.2 Å². The number of methoxy groups -OCH3 is 1. The highest BCUT2D eigenvalue weighted by molar-refractivity contribution is 7.92. The van der Waals surface area contributed by atoms with Crippen LogP contribution in [0.5, 0.6) is 5.75 Å². The Balaban J connectivity index is 1.57. The van der Waals surface area contributed by atoms with Crippen molar-refractivity contribution in [3.63, 3.8) is 0 Å². The molecule has 174 valence electrons. The first-order chi connectivity index (χ1) is 16.3. The molecule has 1 heterocycles. The summed E-state index contributed by atoms with van der Waals surface area (Å²) < 4.78 is 35.2. The molecule has 0 fully saturated rings. The molecule has 1 amide bonds. The van der Waals surface area contributed by atoms with Crippen molar-refractivity contribution < 1.29 is 17.9 Å². The van der Waals surface area contributed by atoms with Crippen LogP contribution >= 0.6 is 0 Å². The van der Waals surface area contributed by atoms with E-state index in [0.29, 0.717) is 22.7 Å². The minimum atomic E-state index is -3.90. The predicted molar refractivity (Wildman–Crippen MR) is 131 cm³/mol. The average Bonchev–Trinajstić information content (AvgIpc) is 3.25. The molecule has 3 aromatic carbocycles. The van der Waals surface area contributed by atoms with Crippen LogP contribution in [0.2, 0.25) is 0 Å². The normalized spacial score (nSPS) is 11.1. The molecule has 9 heteroatoms. The Morgan fingerprint density at radius 2 is 1.71 bits per heavy atom. The molecule has 0 bridgehead atoms. The van der Waals surface area contributed by atoms with Gasteiger partial charge in [-0.25, -0.2) is 13.1 Å². The van der Waals surface area contributed by atoms with Gasteiger partial charge in [-0.05, 0) is 80.1 Å². The van der Waals surface area contributed by atoms with Crippen molar-refractivity contribution >= 4 is 27.3 Å². The van der Waals surface area contributed by atoms with Gasteiger partial charge in [-0.15, -0.1) is 0 Å². The van der Waals surface area contributed by atoms with E-state index in [1.165, 1.54) is 19.2 Å². The van der Waals surface area contributed by atoms with Gasteiger partial charge in [0.25, 0.3) is 15.9 Å². The summed E-state index contributed by atoms with van der Waals surface area (Å²) in [6.07, 6.45) is 1.70. The number of carbonyl (C=O) groups is 1. The fourth-order valence-electron chi connectivity index (χ4n) is 3.44. The monoisotopic (exact) mass is 476 g/mol. The lowest BCUT2D eigenvalue weighted by atomic mass is 10.1. The number of sulfonamides is 1. The van der Waals surface area contributed by atoms with Gasteiger partial charge < -0.3 is 10.1 Å². The topological polar surface area (TPSA) is 102 Å². The van der Waals surface area contributed by atoms with Crippen molar-refractivity contribution in [2.75, 3.05) is 17.1 Å². The number of hydrogen-bond donors (Lipinski definition) is 2. The molecule has 34 heavy (non-hydrogen) atoms. The standard InChI is InChI=1S/C25H24N4O4S/c1-17-7-12-23(34(31,32)28-19-8-10-22(33-3)11-9-19)16-24(17)25(30)27-20-5-4-6-21(15-20)29-18(2)13-14-26-29/h4-16,28H,1-3H3,(H,27,30). The number of ether oxygens (including phenoxy) is 1. The van der Waals surface area contributed by atoms with E-state index in [-0.39, 0.29) is 10.5 Å². The number of aromatic nitrogens is 2. The smallest absolute Gasteiger partial charge is 0.261 e. The highest BCUT2D eigenvalue weighted by atomic mass is 32.2. The summed E-state index contributed by atoms with van der Waals surface area (Å²) in [5.74, 6) is 0.206. The highest BCUT2D eigenvalue weighted by Crippen LogP contribution is 2.23. The summed E-state index contributed by atoms with van der Waals surface area (Å²) in [6.45, 7) is 3.69. The molecule has 0 aliphatic carbocycles. The van der Waals surface area contributed by atoms with Crippen LogP contribution in [0.1, 0.15) is 21.6 Å². The summed E-state index contributed by atoms with van der Waals surface area (Å²) >= 11 is 0. The van der Waals surface area contributed by atoms with Crippen molar-refractivity contribution in [1.29, 1.82) is 0 Å². The third kappa shape index (κ3) is 4.94. The van der Waals surface area contributed by atoms with E-state index >= 15 is 0 Å². The number of carbonyl (C=O) groups excluding carboxylic acids is 1. The van der Waals surface area contributed by atoms with Crippen LogP contribution in [0.3, 0.4) is 0 Å². The number of rotatable bonds is 7. The fourth-order valence-corrected chi connectivity index (χ4v) is 4.52. The molecule has 4 aromatic rings. The van der Waals surface area contributed by atoms with Gasteiger partial charge in [0, 0.05) is 28.8 Å². The molecule has 2 N–H and O–H groups in total. The maximum atomic E-state index is 13.0. The van der Waals surface area contributed by atoms with Crippen LogP contribution in [0, 0.1) is 13.8 Å². The molecule has 0 saturated carbocycles. The van der Waals surface area contributed by atoms with Crippen molar-refractivity contribution in [3.8, 4) is 11.4 Å². The molecule has 0 aliphatic rings. The first-order valence-electron chi connectivity index (χ1n) is 10.5. The van der Waals surface area contributed by atoms with Gasteiger partial charge in [-0.2, -0.15) is 5.10 Å². The molecule has 0 atom stereocenters. The molecule has 0 saturated heterocycles. The Hall–Kier alpha value is -4.11. The average molecular weight is 477 g/mol. The minimum absolute atomic E-state index is 0.0139. The van der Waals surface area contributed by atoms with Gasteiger partial charge in [0.2, 0.25) is 0 Å². The third-order valence-electron chi connectivity index (χ3n) is 5.29. The highest BCUT2D eigenvalue weighted by Gasteiger charge is 2.19. The Kier molecular flexibility index (Phi) is 6.38. The number of nitrogens with one attached hydrogen (secondary N) is 2. The fraction of sp³-hybridized carbons (Fsp3) is 0.120. The van der Waals surface area contributed by atoms with Gasteiger partial charge in [0.1, 0.15) is 5.75 Å². The number of anilines is 2. The van der Waals surface area contributed by atoms with E-state index in [0.717, 1.165) is 11.4 Å². The van der Waals surface area contributed by atoms with Crippen LogP contribution in [0.4, 0.5) is 11.4 Å². The van der Waals surface area contributed by atoms with Gasteiger partial charge in [-0.3, -0.25) is 9.52 Å². The van der Waals surface area contributed by atoms with Crippen molar-refractivity contribution in [1.82, 2.24) is 9.78 Å². The van der Waals surface area contributed by atoms with Crippen LogP contribution < -0.4 is 14.8 Å². The molecular weight excluding hydrogens is 452 g/mol. The molecule has 0 unspecified atom stereocenters. The summed E-state index contributed by atoms with van der Waals surface area (Å²) in [5.41, 5.74) is 3.64. The zero-order valence-electron chi connectivity index (χ0n) is 18.9. The van der Waals surface area contributed by atoms with Gasteiger partial charge in [0.15, 0.2) is 0 Å². The van der Waals surface area contributed by atoms with E-state index in [1.807, 2.05) is 25.1 Å². The van der Waals surface area contributed by atoms with Gasteiger partial charge in [-0.1, -0.05) is 12.1 Å². The van der Waals surface area contributed by atoms with Crippen LogP contribution in [0.25, 0.3) is 5.69 Å². The maximum absolute atomic E-state index is 13.0. The second-order valence-electron chi connectivity index (χ2n) is 7.70. The predicted octanol–water partition coefficient (Wildman–Crippen LogP) is 4.55. The second-order valence-corrected chi connectivity index (χ2v) is 9.38. The summed E-state index contributed by atoms with van der Waals surface area (Å²) in [7, 11) is -2.37.